The third kappa shape index (κ3) is 3.35. The van der Waals surface area contributed by atoms with Gasteiger partial charge in [0.15, 0.2) is 0 Å². The molecule has 2 rings (SSSR count). The molecule has 4 heteroatoms. The fraction of sp³-hybridized carbons (Fsp3) is 0.250. The summed E-state index contributed by atoms with van der Waals surface area (Å²) in [5.74, 6) is 6.25. The van der Waals surface area contributed by atoms with Gasteiger partial charge < -0.3 is 4.74 Å². The van der Waals surface area contributed by atoms with Crippen molar-refractivity contribution in [2.45, 2.75) is 19.4 Å². The van der Waals surface area contributed by atoms with Crippen molar-refractivity contribution in [1.82, 2.24) is 5.43 Å². The fourth-order valence-electron chi connectivity index (χ4n) is 2.18. The van der Waals surface area contributed by atoms with E-state index in [2.05, 4.69) is 5.43 Å². The van der Waals surface area contributed by atoms with E-state index >= 15 is 0 Å². The Morgan fingerprint density at radius 3 is 2.50 bits per heavy atom. The van der Waals surface area contributed by atoms with Crippen molar-refractivity contribution < 1.29 is 9.13 Å². The van der Waals surface area contributed by atoms with Crippen LogP contribution in [-0.2, 0) is 6.42 Å². The highest BCUT2D eigenvalue weighted by atomic mass is 19.1. The van der Waals surface area contributed by atoms with Crippen LogP contribution in [0.5, 0.6) is 5.75 Å². The minimum atomic E-state index is -0.233. The molecule has 20 heavy (non-hydrogen) atoms. The maximum Gasteiger partial charge on any atom is 0.123 e. The van der Waals surface area contributed by atoms with Gasteiger partial charge in [-0.05, 0) is 48.2 Å². The molecule has 0 aliphatic heterocycles. The first-order valence-electron chi connectivity index (χ1n) is 6.49. The van der Waals surface area contributed by atoms with Crippen molar-refractivity contribution in [2.75, 3.05) is 7.11 Å². The van der Waals surface area contributed by atoms with E-state index in [4.69, 9.17) is 10.6 Å². The van der Waals surface area contributed by atoms with Gasteiger partial charge in [0.25, 0.3) is 0 Å². The van der Waals surface area contributed by atoms with Gasteiger partial charge in [0.1, 0.15) is 11.6 Å². The van der Waals surface area contributed by atoms with E-state index in [0.717, 1.165) is 22.4 Å². The predicted molar refractivity (Wildman–Crippen MR) is 77.9 cm³/mol. The number of hydrogen-bond donors (Lipinski definition) is 2. The largest absolute Gasteiger partial charge is 0.496 e. The lowest BCUT2D eigenvalue weighted by Gasteiger charge is -2.18. The monoisotopic (exact) mass is 274 g/mol. The average molecular weight is 274 g/mol. The van der Waals surface area contributed by atoms with Crippen molar-refractivity contribution in [3.05, 3.63) is 65.0 Å². The molecular formula is C16H19FN2O. The van der Waals surface area contributed by atoms with Gasteiger partial charge in [-0.2, -0.15) is 0 Å². The molecule has 2 aromatic rings. The third-order valence-electron chi connectivity index (χ3n) is 3.39. The maximum atomic E-state index is 12.9. The van der Waals surface area contributed by atoms with Crippen LogP contribution in [0.25, 0.3) is 0 Å². The number of rotatable bonds is 5. The molecular weight excluding hydrogens is 255 g/mol. The highest BCUT2D eigenvalue weighted by Crippen LogP contribution is 2.25. The topological polar surface area (TPSA) is 47.3 Å². The smallest absolute Gasteiger partial charge is 0.123 e. The van der Waals surface area contributed by atoms with Gasteiger partial charge in [-0.25, -0.2) is 4.39 Å². The minimum absolute atomic E-state index is 0.0463. The summed E-state index contributed by atoms with van der Waals surface area (Å²) in [6, 6.07) is 12.4. The summed E-state index contributed by atoms with van der Waals surface area (Å²) < 4.78 is 18.2. The van der Waals surface area contributed by atoms with Crippen molar-refractivity contribution in [3.63, 3.8) is 0 Å². The number of methoxy groups -OCH3 is 1. The van der Waals surface area contributed by atoms with Crippen LogP contribution in [0.3, 0.4) is 0 Å². The molecule has 1 atom stereocenters. The van der Waals surface area contributed by atoms with E-state index in [-0.39, 0.29) is 11.9 Å². The molecule has 0 spiro atoms. The average Bonchev–Trinajstić information content (AvgIpc) is 2.47. The number of nitrogens with one attached hydrogen (secondary N) is 1. The SMILES string of the molecule is COc1cc(C(Cc2ccc(F)cc2)NN)ccc1C. The summed E-state index contributed by atoms with van der Waals surface area (Å²) in [5, 5.41) is 0. The van der Waals surface area contributed by atoms with Crippen LogP contribution in [0.4, 0.5) is 4.39 Å². The van der Waals surface area contributed by atoms with Gasteiger partial charge in [-0.15, -0.1) is 0 Å². The van der Waals surface area contributed by atoms with E-state index in [1.807, 2.05) is 25.1 Å². The second-order valence-electron chi connectivity index (χ2n) is 4.78. The molecule has 1 unspecified atom stereocenters. The molecule has 0 aliphatic rings. The van der Waals surface area contributed by atoms with Crippen LogP contribution >= 0.6 is 0 Å². The lowest BCUT2D eigenvalue weighted by molar-refractivity contribution is 0.410. The van der Waals surface area contributed by atoms with Crippen LogP contribution in [0.1, 0.15) is 22.7 Å². The molecule has 3 N–H and O–H groups in total. The van der Waals surface area contributed by atoms with Crippen molar-refractivity contribution >= 4 is 0 Å². The Kier molecular flexibility index (Phi) is 4.71. The quantitative estimate of drug-likeness (QED) is 0.651. The molecule has 0 amide bonds. The zero-order valence-electron chi connectivity index (χ0n) is 11.7. The molecule has 0 saturated heterocycles. The Morgan fingerprint density at radius 1 is 1.20 bits per heavy atom. The summed E-state index contributed by atoms with van der Waals surface area (Å²) in [5.41, 5.74) is 5.94. The number of hydrogen-bond acceptors (Lipinski definition) is 3. The molecule has 0 bridgehead atoms. The van der Waals surface area contributed by atoms with Crippen molar-refractivity contribution in [2.24, 2.45) is 5.84 Å². The van der Waals surface area contributed by atoms with Crippen LogP contribution in [0.2, 0.25) is 0 Å². The molecule has 0 heterocycles. The second-order valence-corrected chi connectivity index (χ2v) is 4.78. The Hall–Kier alpha value is -1.91. The molecule has 106 valence electrons. The molecule has 2 aromatic carbocycles. The Balaban J connectivity index is 2.21. The van der Waals surface area contributed by atoms with Crippen molar-refractivity contribution in [3.8, 4) is 5.75 Å². The number of benzene rings is 2. The van der Waals surface area contributed by atoms with E-state index in [0.29, 0.717) is 6.42 Å². The van der Waals surface area contributed by atoms with Gasteiger partial charge in [0, 0.05) is 0 Å². The third-order valence-corrected chi connectivity index (χ3v) is 3.39. The number of aryl methyl sites for hydroxylation is 1. The summed E-state index contributed by atoms with van der Waals surface area (Å²) in [6.45, 7) is 1.99. The zero-order chi connectivity index (χ0) is 14.5. The van der Waals surface area contributed by atoms with Gasteiger partial charge >= 0.3 is 0 Å². The summed E-state index contributed by atoms with van der Waals surface area (Å²) >= 11 is 0. The van der Waals surface area contributed by atoms with Gasteiger partial charge in [0.05, 0.1) is 13.2 Å². The van der Waals surface area contributed by atoms with Crippen LogP contribution in [0, 0.1) is 12.7 Å². The van der Waals surface area contributed by atoms with E-state index < -0.39 is 0 Å². The Morgan fingerprint density at radius 2 is 1.90 bits per heavy atom. The lowest BCUT2D eigenvalue weighted by Crippen LogP contribution is -2.29. The van der Waals surface area contributed by atoms with E-state index in [1.54, 1.807) is 19.2 Å². The van der Waals surface area contributed by atoms with Crippen LogP contribution in [0.15, 0.2) is 42.5 Å². The number of ether oxygens (including phenoxy) is 1. The Bertz CT molecular complexity index is 569. The summed E-state index contributed by atoms with van der Waals surface area (Å²) in [7, 11) is 1.65. The zero-order valence-corrected chi connectivity index (χ0v) is 11.7. The Labute approximate surface area is 118 Å². The van der Waals surface area contributed by atoms with Crippen molar-refractivity contribution in [1.29, 1.82) is 0 Å². The van der Waals surface area contributed by atoms with E-state index in [9.17, 15) is 4.39 Å². The minimum Gasteiger partial charge on any atom is -0.496 e. The summed E-state index contributed by atoms with van der Waals surface area (Å²) in [6.07, 6.45) is 0.684. The highest BCUT2D eigenvalue weighted by molar-refractivity contribution is 5.38. The predicted octanol–water partition coefficient (Wildman–Crippen LogP) is 2.89. The second kappa shape index (κ2) is 6.50. The normalized spacial score (nSPS) is 12.2. The maximum absolute atomic E-state index is 12.9. The highest BCUT2D eigenvalue weighted by Gasteiger charge is 2.12. The fourth-order valence-corrected chi connectivity index (χ4v) is 2.18. The molecule has 3 nitrogen and oxygen atoms in total. The van der Waals surface area contributed by atoms with Crippen LogP contribution < -0.4 is 16.0 Å². The first-order valence-corrected chi connectivity index (χ1v) is 6.49. The molecule has 0 fully saturated rings. The summed E-state index contributed by atoms with van der Waals surface area (Å²) in [4.78, 5) is 0. The van der Waals surface area contributed by atoms with E-state index in [1.165, 1.54) is 12.1 Å². The standard InChI is InChI=1S/C16H19FN2O/c1-11-3-6-13(10-16(11)20-2)15(19-18)9-12-4-7-14(17)8-5-12/h3-8,10,15,19H,9,18H2,1-2H3. The molecule has 0 radical (unpaired) electrons. The first kappa shape index (κ1) is 14.5. The first-order chi connectivity index (χ1) is 9.63. The van der Waals surface area contributed by atoms with Crippen LogP contribution in [-0.4, -0.2) is 7.11 Å². The number of halogens is 1. The number of hydrazine groups is 1. The molecule has 0 saturated carbocycles. The number of nitrogens with two attached hydrogens (primary N) is 1. The van der Waals surface area contributed by atoms with Gasteiger partial charge in [0.2, 0.25) is 0 Å². The van der Waals surface area contributed by atoms with Gasteiger partial charge in [-0.3, -0.25) is 11.3 Å². The molecule has 0 aliphatic carbocycles. The lowest BCUT2D eigenvalue weighted by atomic mass is 9.98. The van der Waals surface area contributed by atoms with Gasteiger partial charge in [-0.1, -0.05) is 24.3 Å². The molecule has 0 aromatic heterocycles.